The van der Waals surface area contributed by atoms with Gasteiger partial charge in [0.1, 0.15) is 0 Å². The zero-order valence-corrected chi connectivity index (χ0v) is 14.9. The van der Waals surface area contributed by atoms with Crippen LogP contribution < -0.4 is 0 Å². The molecule has 1 aromatic carbocycles. The quantitative estimate of drug-likeness (QED) is 0.676. The zero-order chi connectivity index (χ0) is 15.2. The summed E-state index contributed by atoms with van der Waals surface area (Å²) in [6, 6.07) is 8.92. The Morgan fingerprint density at radius 2 is 1.38 bits per heavy atom. The second kappa shape index (κ2) is 8.08. The van der Waals surface area contributed by atoms with Gasteiger partial charge in [-0.1, -0.05) is 58.0 Å². The standard InChI is InChI=1S/C18H29N2P/c1-5-19(6-2)21(20(7-3)8-4)18-14-13-16-11-9-10-12-17(16)15-18/h9-12,14H,5-8,13,15H2,1-4H3. The Bertz CT molecular complexity index is 464. The van der Waals surface area contributed by atoms with Crippen LogP contribution in [0.5, 0.6) is 0 Å². The van der Waals surface area contributed by atoms with Crippen LogP contribution in [-0.4, -0.2) is 35.5 Å². The molecule has 0 bridgehead atoms. The van der Waals surface area contributed by atoms with Gasteiger partial charge in [-0.2, -0.15) is 0 Å². The first-order valence-electron chi connectivity index (χ1n) is 8.30. The van der Waals surface area contributed by atoms with E-state index in [1.807, 2.05) is 0 Å². The van der Waals surface area contributed by atoms with Crippen LogP contribution >= 0.6 is 8.22 Å². The van der Waals surface area contributed by atoms with Gasteiger partial charge in [-0.3, -0.25) is 9.34 Å². The van der Waals surface area contributed by atoms with Gasteiger partial charge in [0.2, 0.25) is 0 Å². The van der Waals surface area contributed by atoms with Crippen LogP contribution in [0.2, 0.25) is 0 Å². The van der Waals surface area contributed by atoms with Crippen molar-refractivity contribution in [3.05, 3.63) is 46.8 Å². The lowest BCUT2D eigenvalue weighted by Gasteiger charge is -2.40. The van der Waals surface area contributed by atoms with E-state index < -0.39 is 0 Å². The van der Waals surface area contributed by atoms with Crippen molar-refractivity contribution in [1.29, 1.82) is 0 Å². The molecule has 0 atom stereocenters. The summed E-state index contributed by atoms with van der Waals surface area (Å²) in [4.78, 5) is 0. The zero-order valence-electron chi connectivity index (χ0n) is 14.0. The number of rotatable bonds is 7. The van der Waals surface area contributed by atoms with Gasteiger partial charge >= 0.3 is 0 Å². The minimum atomic E-state index is -0.303. The van der Waals surface area contributed by atoms with E-state index in [9.17, 15) is 0 Å². The fourth-order valence-electron chi connectivity index (χ4n) is 3.10. The average Bonchev–Trinajstić information content (AvgIpc) is 2.55. The summed E-state index contributed by atoms with van der Waals surface area (Å²) in [5.74, 6) is 0. The monoisotopic (exact) mass is 304 g/mol. The highest BCUT2D eigenvalue weighted by Gasteiger charge is 2.27. The van der Waals surface area contributed by atoms with Crippen molar-refractivity contribution >= 4 is 8.22 Å². The maximum Gasteiger partial charge on any atom is 0.0681 e. The summed E-state index contributed by atoms with van der Waals surface area (Å²) in [6.07, 6.45) is 4.74. The van der Waals surface area contributed by atoms with Crippen LogP contribution in [0, 0.1) is 0 Å². The van der Waals surface area contributed by atoms with Gasteiger partial charge in [-0.15, -0.1) is 0 Å². The lowest BCUT2D eigenvalue weighted by Crippen LogP contribution is -2.30. The molecule has 21 heavy (non-hydrogen) atoms. The van der Waals surface area contributed by atoms with Crippen LogP contribution in [0.1, 0.15) is 38.8 Å². The van der Waals surface area contributed by atoms with Gasteiger partial charge in [-0.25, -0.2) is 0 Å². The van der Waals surface area contributed by atoms with Crippen LogP contribution in [-0.2, 0) is 12.8 Å². The SMILES string of the molecule is CCN(CC)P(C1=CCc2ccccc2C1)N(CC)CC. The van der Waals surface area contributed by atoms with Crippen molar-refractivity contribution < 1.29 is 0 Å². The smallest absolute Gasteiger partial charge is 0.0681 e. The molecule has 116 valence electrons. The largest absolute Gasteiger partial charge is 0.267 e. The second-order valence-electron chi connectivity index (χ2n) is 5.41. The Morgan fingerprint density at radius 3 is 1.90 bits per heavy atom. The van der Waals surface area contributed by atoms with E-state index in [4.69, 9.17) is 0 Å². The molecule has 2 rings (SSSR count). The molecular weight excluding hydrogens is 275 g/mol. The van der Waals surface area contributed by atoms with E-state index in [1.165, 1.54) is 11.1 Å². The highest BCUT2D eigenvalue weighted by molar-refractivity contribution is 7.57. The highest BCUT2D eigenvalue weighted by Crippen LogP contribution is 2.53. The fraction of sp³-hybridized carbons (Fsp3) is 0.556. The summed E-state index contributed by atoms with van der Waals surface area (Å²) >= 11 is 0. The first-order valence-corrected chi connectivity index (χ1v) is 9.55. The Kier molecular flexibility index (Phi) is 6.41. The van der Waals surface area contributed by atoms with Crippen LogP contribution in [0.4, 0.5) is 0 Å². The van der Waals surface area contributed by atoms with E-state index >= 15 is 0 Å². The van der Waals surface area contributed by atoms with Gasteiger partial charge in [0.05, 0.1) is 8.22 Å². The van der Waals surface area contributed by atoms with Crippen molar-refractivity contribution in [2.45, 2.75) is 40.5 Å². The molecule has 0 saturated heterocycles. The van der Waals surface area contributed by atoms with Crippen molar-refractivity contribution in [1.82, 2.24) is 9.34 Å². The molecule has 0 saturated carbocycles. The van der Waals surface area contributed by atoms with Gasteiger partial charge in [0, 0.05) is 32.6 Å². The van der Waals surface area contributed by atoms with Gasteiger partial charge < -0.3 is 0 Å². The molecule has 0 N–H and O–H groups in total. The first-order chi connectivity index (χ1) is 10.2. The number of hydrogen-bond donors (Lipinski definition) is 0. The lowest BCUT2D eigenvalue weighted by molar-refractivity contribution is 0.426. The number of fused-ring (bicyclic) bond motifs is 1. The molecule has 0 spiro atoms. The summed E-state index contributed by atoms with van der Waals surface area (Å²) < 4.78 is 5.31. The van der Waals surface area contributed by atoms with E-state index in [0.717, 1.165) is 39.0 Å². The Hall–Kier alpha value is -0.690. The topological polar surface area (TPSA) is 6.48 Å². The van der Waals surface area contributed by atoms with Gasteiger partial charge in [-0.05, 0) is 22.9 Å². The molecule has 0 amide bonds. The maximum absolute atomic E-state index is 2.65. The molecule has 3 heteroatoms. The predicted molar refractivity (Wildman–Crippen MR) is 94.7 cm³/mol. The summed E-state index contributed by atoms with van der Waals surface area (Å²) in [6.45, 7) is 13.7. The molecule has 2 nitrogen and oxygen atoms in total. The Morgan fingerprint density at radius 1 is 0.857 bits per heavy atom. The molecule has 0 radical (unpaired) electrons. The van der Waals surface area contributed by atoms with E-state index in [0.29, 0.717) is 0 Å². The molecule has 0 unspecified atom stereocenters. The van der Waals surface area contributed by atoms with Crippen molar-refractivity contribution in [2.24, 2.45) is 0 Å². The first kappa shape index (κ1) is 16.7. The van der Waals surface area contributed by atoms with Crippen LogP contribution in [0.15, 0.2) is 35.7 Å². The van der Waals surface area contributed by atoms with E-state index in [2.05, 4.69) is 67.4 Å². The van der Waals surface area contributed by atoms with Gasteiger partial charge in [0.15, 0.2) is 0 Å². The molecule has 0 heterocycles. The van der Waals surface area contributed by atoms with Crippen molar-refractivity contribution in [3.63, 3.8) is 0 Å². The number of nitrogens with zero attached hydrogens (tertiary/aromatic N) is 2. The third-order valence-corrected chi connectivity index (χ3v) is 7.36. The molecule has 1 aromatic rings. The third kappa shape index (κ3) is 3.74. The molecule has 1 aliphatic rings. The number of allylic oxidation sites excluding steroid dienone is 2. The summed E-state index contributed by atoms with van der Waals surface area (Å²) in [5, 5.41) is 1.65. The van der Waals surface area contributed by atoms with E-state index in [-0.39, 0.29) is 8.22 Å². The molecular formula is C18H29N2P. The molecule has 0 aromatic heterocycles. The predicted octanol–water partition coefficient (Wildman–Crippen LogP) is 4.66. The number of hydrogen-bond acceptors (Lipinski definition) is 2. The minimum absolute atomic E-state index is 0.303. The number of benzene rings is 1. The van der Waals surface area contributed by atoms with Crippen molar-refractivity contribution in [2.75, 3.05) is 26.2 Å². The van der Waals surface area contributed by atoms with Gasteiger partial charge in [0.25, 0.3) is 0 Å². The minimum Gasteiger partial charge on any atom is -0.267 e. The van der Waals surface area contributed by atoms with E-state index in [1.54, 1.807) is 5.31 Å². The Labute approximate surface area is 131 Å². The van der Waals surface area contributed by atoms with Crippen LogP contribution in [0.25, 0.3) is 0 Å². The lowest BCUT2D eigenvalue weighted by atomic mass is 9.97. The van der Waals surface area contributed by atoms with Crippen molar-refractivity contribution in [3.8, 4) is 0 Å². The molecule has 0 fully saturated rings. The normalized spacial score (nSPS) is 14.7. The third-order valence-electron chi connectivity index (χ3n) is 4.30. The second-order valence-corrected chi connectivity index (χ2v) is 7.70. The van der Waals surface area contributed by atoms with Crippen LogP contribution in [0.3, 0.4) is 0 Å². The molecule has 1 aliphatic carbocycles. The Balaban J connectivity index is 2.27. The highest BCUT2D eigenvalue weighted by atomic mass is 31.1. The fourth-order valence-corrected chi connectivity index (χ4v) is 5.82. The average molecular weight is 304 g/mol. The summed E-state index contributed by atoms with van der Waals surface area (Å²) in [5.41, 5.74) is 3.04. The summed E-state index contributed by atoms with van der Waals surface area (Å²) in [7, 11) is -0.303. The maximum atomic E-state index is 2.65. The molecule has 0 aliphatic heterocycles.